The van der Waals surface area contributed by atoms with Gasteiger partial charge in [0.1, 0.15) is 0 Å². The van der Waals surface area contributed by atoms with Gasteiger partial charge in [0.05, 0.1) is 23.9 Å². The number of halogens is 1. The molecular formula is C11H17ClN2O2. The summed E-state index contributed by atoms with van der Waals surface area (Å²) in [4.78, 5) is 11.6. The predicted octanol–water partition coefficient (Wildman–Crippen LogP) is 1.91. The first-order valence-electron chi connectivity index (χ1n) is 4.79. The van der Waals surface area contributed by atoms with Gasteiger partial charge in [-0.2, -0.15) is 0 Å². The van der Waals surface area contributed by atoms with E-state index in [1.165, 1.54) is 0 Å². The summed E-state index contributed by atoms with van der Waals surface area (Å²) in [7, 11) is 1.57. The third-order valence-electron chi connectivity index (χ3n) is 2.08. The molecule has 1 amide bonds. The Hall–Kier alpha value is -1.26. The number of hydrogen-bond donors (Lipinski definition) is 2. The van der Waals surface area contributed by atoms with Gasteiger partial charge in [0.15, 0.2) is 0 Å². The molecule has 3 N–H and O–H groups in total. The van der Waals surface area contributed by atoms with Gasteiger partial charge >= 0.3 is 0 Å². The zero-order valence-corrected chi connectivity index (χ0v) is 10.2. The molecule has 90 valence electrons. The quantitative estimate of drug-likeness (QED) is 0.796. The summed E-state index contributed by atoms with van der Waals surface area (Å²) < 4.78 is 4.90. The molecule has 1 unspecified atom stereocenters. The van der Waals surface area contributed by atoms with Crippen LogP contribution in [0.4, 0.5) is 11.4 Å². The van der Waals surface area contributed by atoms with Crippen LogP contribution in [0.5, 0.6) is 0 Å². The van der Waals surface area contributed by atoms with Crippen molar-refractivity contribution in [3.05, 3.63) is 24.3 Å². The number of nitrogens with one attached hydrogen (secondary N) is 1. The largest absolute Gasteiger partial charge is 0.397 e. The molecule has 16 heavy (non-hydrogen) atoms. The number of rotatable bonds is 4. The lowest BCUT2D eigenvalue weighted by Gasteiger charge is -2.12. The van der Waals surface area contributed by atoms with E-state index in [0.29, 0.717) is 18.0 Å². The van der Waals surface area contributed by atoms with Crippen LogP contribution in [0.25, 0.3) is 0 Å². The Morgan fingerprint density at radius 2 is 2.12 bits per heavy atom. The van der Waals surface area contributed by atoms with E-state index in [-0.39, 0.29) is 24.2 Å². The number of hydrogen-bond acceptors (Lipinski definition) is 3. The average molecular weight is 245 g/mol. The van der Waals surface area contributed by atoms with Gasteiger partial charge in [0.25, 0.3) is 0 Å². The smallest absolute Gasteiger partial charge is 0.229 e. The monoisotopic (exact) mass is 244 g/mol. The fourth-order valence-electron chi connectivity index (χ4n) is 1.19. The molecule has 0 radical (unpaired) electrons. The first-order valence-corrected chi connectivity index (χ1v) is 4.79. The zero-order chi connectivity index (χ0) is 11.3. The SMILES string of the molecule is COCC(C)C(=O)Nc1ccccc1N.Cl. The number of nitrogens with two attached hydrogens (primary N) is 1. The maximum atomic E-state index is 11.6. The third kappa shape index (κ3) is 4.08. The van der Waals surface area contributed by atoms with Crippen LogP contribution in [0, 0.1) is 5.92 Å². The van der Waals surface area contributed by atoms with E-state index in [2.05, 4.69) is 5.32 Å². The number of benzene rings is 1. The van der Waals surface area contributed by atoms with Crippen LogP contribution in [0.1, 0.15) is 6.92 Å². The van der Waals surface area contributed by atoms with Crippen molar-refractivity contribution >= 4 is 29.7 Å². The van der Waals surface area contributed by atoms with Gasteiger partial charge in [-0.15, -0.1) is 12.4 Å². The first kappa shape index (κ1) is 14.7. The molecule has 1 aromatic carbocycles. The fraction of sp³-hybridized carbons (Fsp3) is 0.364. The summed E-state index contributed by atoms with van der Waals surface area (Å²) in [5.74, 6) is -0.274. The molecule has 0 fully saturated rings. The number of para-hydroxylation sites is 2. The Bertz CT molecular complexity index is 345. The zero-order valence-electron chi connectivity index (χ0n) is 9.40. The van der Waals surface area contributed by atoms with Crippen LogP contribution in [0.15, 0.2) is 24.3 Å². The Kier molecular flexibility index (Phi) is 6.53. The summed E-state index contributed by atoms with van der Waals surface area (Å²) in [5, 5.41) is 2.75. The van der Waals surface area contributed by atoms with Gasteiger partial charge in [-0.3, -0.25) is 4.79 Å². The van der Waals surface area contributed by atoms with Gasteiger partial charge in [-0.1, -0.05) is 19.1 Å². The molecule has 0 aliphatic rings. The highest BCUT2D eigenvalue weighted by atomic mass is 35.5. The van der Waals surface area contributed by atoms with Crippen molar-refractivity contribution < 1.29 is 9.53 Å². The average Bonchev–Trinajstić information content (AvgIpc) is 2.21. The second kappa shape index (κ2) is 7.09. The fourth-order valence-corrected chi connectivity index (χ4v) is 1.19. The minimum atomic E-state index is -0.186. The number of nitrogen functional groups attached to an aromatic ring is 1. The first-order chi connectivity index (χ1) is 7.15. The van der Waals surface area contributed by atoms with E-state index in [4.69, 9.17) is 10.5 Å². The Labute approximate surface area is 102 Å². The van der Waals surface area contributed by atoms with Gasteiger partial charge in [-0.05, 0) is 12.1 Å². The summed E-state index contributed by atoms with van der Waals surface area (Å²) in [6, 6.07) is 7.17. The second-order valence-electron chi connectivity index (χ2n) is 3.43. The highest BCUT2D eigenvalue weighted by molar-refractivity contribution is 5.95. The molecule has 1 aromatic rings. The van der Waals surface area contributed by atoms with E-state index in [9.17, 15) is 4.79 Å². The summed E-state index contributed by atoms with van der Waals surface area (Å²) >= 11 is 0. The molecule has 4 nitrogen and oxygen atoms in total. The molecule has 1 rings (SSSR count). The van der Waals surface area contributed by atoms with E-state index < -0.39 is 0 Å². The highest BCUT2D eigenvalue weighted by Gasteiger charge is 2.13. The number of ether oxygens (including phenoxy) is 1. The Balaban J connectivity index is 0.00000225. The summed E-state index contributed by atoms with van der Waals surface area (Å²) in [6.45, 7) is 2.20. The van der Waals surface area contributed by atoms with Crippen molar-refractivity contribution in [2.45, 2.75) is 6.92 Å². The molecule has 0 spiro atoms. The molecule has 0 heterocycles. The lowest BCUT2D eigenvalue weighted by molar-refractivity contribution is -0.120. The van der Waals surface area contributed by atoms with Crippen molar-refractivity contribution in [1.82, 2.24) is 0 Å². The van der Waals surface area contributed by atoms with Crippen molar-refractivity contribution in [1.29, 1.82) is 0 Å². The summed E-state index contributed by atoms with van der Waals surface area (Å²) in [6.07, 6.45) is 0. The standard InChI is InChI=1S/C11H16N2O2.ClH/c1-8(7-15-2)11(14)13-10-6-4-3-5-9(10)12;/h3-6,8H,7,12H2,1-2H3,(H,13,14);1H. The van der Waals surface area contributed by atoms with Gasteiger partial charge < -0.3 is 15.8 Å². The lowest BCUT2D eigenvalue weighted by atomic mass is 10.1. The number of carbonyl (C=O) groups is 1. The summed E-state index contributed by atoms with van der Waals surface area (Å²) in [5.41, 5.74) is 6.91. The number of amides is 1. The molecule has 0 bridgehead atoms. The lowest BCUT2D eigenvalue weighted by Crippen LogP contribution is -2.24. The molecule has 0 aliphatic heterocycles. The van der Waals surface area contributed by atoms with Crippen LogP contribution >= 0.6 is 12.4 Å². The molecule has 0 aliphatic carbocycles. The number of anilines is 2. The van der Waals surface area contributed by atoms with E-state index in [0.717, 1.165) is 0 Å². The minimum Gasteiger partial charge on any atom is -0.397 e. The maximum absolute atomic E-state index is 11.6. The predicted molar refractivity (Wildman–Crippen MR) is 67.8 cm³/mol. The number of methoxy groups -OCH3 is 1. The second-order valence-corrected chi connectivity index (χ2v) is 3.43. The Morgan fingerprint density at radius 1 is 1.50 bits per heavy atom. The molecular weight excluding hydrogens is 228 g/mol. The van der Waals surface area contributed by atoms with Crippen molar-refractivity contribution in [2.75, 3.05) is 24.8 Å². The molecule has 0 saturated heterocycles. The van der Waals surface area contributed by atoms with Crippen LogP contribution < -0.4 is 11.1 Å². The molecule has 0 saturated carbocycles. The van der Waals surface area contributed by atoms with Gasteiger partial charge in [0.2, 0.25) is 5.91 Å². The topological polar surface area (TPSA) is 64.3 Å². The molecule has 0 aromatic heterocycles. The minimum absolute atomic E-state index is 0. The third-order valence-corrected chi connectivity index (χ3v) is 2.08. The Morgan fingerprint density at radius 3 is 2.69 bits per heavy atom. The molecule has 5 heteroatoms. The van der Waals surface area contributed by atoms with Gasteiger partial charge in [0, 0.05) is 7.11 Å². The van der Waals surface area contributed by atoms with E-state index in [1.54, 1.807) is 26.2 Å². The number of carbonyl (C=O) groups excluding carboxylic acids is 1. The highest BCUT2D eigenvalue weighted by Crippen LogP contribution is 2.17. The molecule has 1 atom stereocenters. The normalized spacial score (nSPS) is 11.4. The van der Waals surface area contributed by atoms with Crippen molar-refractivity contribution in [3.63, 3.8) is 0 Å². The van der Waals surface area contributed by atoms with Crippen LogP contribution in [0.3, 0.4) is 0 Å². The van der Waals surface area contributed by atoms with Gasteiger partial charge in [-0.25, -0.2) is 0 Å². The van der Waals surface area contributed by atoms with E-state index in [1.807, 2.05) is 12.1 Å². The van der Waals surface area contributed by atoms with Crippen LogP contribution in [-0.2, 0) is 9.53 Å². The van der Waals surface area contributed by atoms with Crippen LogP contribution in [0.2, 0.25) is 0 Å². The van der Waals surface area contributed by atoms with Crippen LogP contribution in [-0.4, -0.2) is 19.6 Å². The van der Waals surface area contributed by atoms with Crippen molar-refractivity contribution in [2.24, 2.45) is 5.92 Å². The van der Waals surface area contributed by atoms with E-state index >= 15 is 0 Å². The van der Waals surface area contributed by atoms with Crippen molar-refractivity contribution in [3.8, 4) is 0 Å². The maximum Gasteiger partial charge on any atom is 0.229 e.